The molecule has 0 bridgehead atoms. The fourth-order valence-corrected chi connectivity index (χ4v) is 5.39. The molecule has 1 unspecified atom stereocenters. The normalized spacial score (nSPS) is 14.7. The lowest BCUT2D eigenvalue weighted by atomic mass is 9.95. The van der Waals surface area contributed by atoms with Crippen LogP contribution in [0.15, 0.2) is 30.3 Å². The summed E-state index contributed by atoms with van der Waals surface area (Å²) in [6, 6.07) is 8.08. The minimum absolute atomic E-state index is 0.00549. The molecule has 1 aliphatic rings. The summed E-state index contributed by atoms with van der Waals surface area (Å²) in [7, 11) is 0. The highest BCUT2D eigenvalue weighted by molar-refractivity contribution is 7.16. The Balaban J connectivity index is 1.43. The van der Waals surface area contributed by atoms with Gasteiger partial charge < -0.3 is 15.0 Å². The monoisotopic (exact) mass is 573 g/mol. The van der Waals surface area contributed by atoms with Crippen LogP contribution >= 0.6 is 34.5 Å². The van der Waals surface area contributed by atoms with E-state index in [1.165, 1.54) is 34.4 Å². The van der Waals surface area contributed by atoms with E-state index in [4.69, 9.17) is 33.2 Å². The van der Waals surface area contributed by atoms with E-state index in [1.807, 2.05) is 6.92 Å². The number of imidazole rings is 1. The number of ether oxygens (including phenoxy) is 1. The highest BCUT2D eigenvalue weighted by atomic mass is 35.5. The summed E-state index contributed by atoms with van der Waals surface area (Å²) < 4.78 is 22.5. The first-order valence-electron chi connectivity index (χ1n) is 11.3. The van der Waals surface area contributed by atoms with Gasteiger partial charge in [-0.05, 0) is 31.2 Å². The zero-order valence-electron chi connectivity index (χ0n) is 19.7. The summed E-state index contributed by atoms with van der Waals surface area (Å²) in [5.41, 5.74) is 1.60. The topological polar surface area (TPSA) is 126 Å². The number of carbonyl (C=O) groups is 2. The standard InChI is InChI=1S/C24H18Cl2FN7O3S/c1-12-32-34-21-16(31-24(34)38-12)6-9-33(20(21)14-3-2-13(25)10-15(14)27)19(35)11-37-18-5-4-17(30-22(18)26)23(36)29-8-7-28/h2-5,10,20H,6,8-9,11H2,1H3,(H,29,36). The largest absolute Gasteiger partial charge is 0.481 e. The highest BCUT2D eigenvalue weighted by Crippen LogP contribution is 2.38. The van der Waals surface area contributed by atoms with Gasteiger partial charge in [0.15, 0.2) is 17.5 Å². The third-order valence-corrected chi connectivity index (χ3v) is 7.21. The van der Waals surface area contributed by atoms with Crippen LogP contribution in [-0.2, 0) is 11.2 Å². The van der Waals surface area contributed by atoms with Crippen molar-refractivity contribution < 1.29 is 18.7 Å². The molecule has 5 rings (SSSR count). The number of nitriles is 1. The number of benzene rings is 1. The van der Waals surface area contributed by atoms with Gasteiger partial charge in [0.25, 0.3) is 11.8 Å². The molecule has 0 spiro atoms. The molecule has 2 amide bonds. The number of halogens is 3. The van der Waals surface area contributed by atoms with Crippen LogP contribution in [0, 0.1) is 24.1 Å². The summed E-state index contributed by atoms with van der Waals surface area (Å²) >= 11 is 13.6. The first-order chi connectivity index (χ1) is 18.3. The third-order valence-electron chi connectivity index (χ3n) is 5.88. The van der Waals surface area contributed by atoms with Crippen LogP contribution in [0.1, 0.15) is 38.5 Å². The van der Waals surface area contributed by atoms with Crippen LogP contribution in [0.3, 0.4) is 0 Å². The maximum absolute atomic E-state index is 15.2. The smallest absolute Gasteiger partial charge is 0.270 e. The summed E-state index contributed by atoms with van der Waals surface area (Å²) in [4.78, 5) is 36.3. The van der Waals surface area contributed by atoms with E-state index in [9.17, 15) is 9.59 Å². The van der Waals surface area contributed by atoms with Crippen molar-refractivity contribution in [3.05, 3.63) is 74.0 Å². The molecule has 1 N–H and O–H groups in total. The average Bonchev–Trinajstić information content (AvgIpc) is 3.41. The second-order valence-electron chi connectivity index (χ2n) is 8.28. The first kappa shape index (κ1) is 25.8. The number of aromatic nitrogens is 4. The number of fused-ring (bicyclic) bond motifs is 3. The van der Waals surface area contributed by atoms with E-state index in [-0.39, 0.29) is 40.3 Å². The van der Waals surface area contributed by atoms with Crippen molar-refractivity contribution in [2.75, 3.05) is 19.7 Å². The highest BCUT2D eigenvalue weighted by Gasteiger charge is 2.38. The van der Waals surface area contributed by atoms with Crippen molar-refractivity contribution in [1.29, 1.82) is 5.26 Å². The third kappa shape index (κ3) is 4.88. The van der Waals surface area contributed by atoms with Gasteiger partial charge in [-0.15, -0.1) is 0 Å². The number of carbonyl (C=O) groups excluding carboxylic acids is 2. The van der Waals surface area contributed by atoms with Crippen molar-refractivity contribution in [3.8, 4) is 11.8 Å². The zero-order valence-corrected chi connectivity index (χ0v) is 22.1. The minimum Gasteiger partial charge on any atom is -0.481 e. The molecule has 38 heavy (non-hydrogen) atoms. The molecule has 14 heteroatoms. The fourth-order valence-electron chi connectivity index (χ4n) is 4.26. The Morgan fingerprint density at radius 2 is 2.11 bits per heavy atom. The number of rotatable bonds is 6. The molecule has 0 fully saturated rings. The molecular weight excluding hydrogens is 556 g/mol. The SMILES string of the molecule is Cc1nn2c3c(nc2s1)CCN(C(=O)COc1ccc(C(=O)NCC#N)nc1Cl)C3c1ccc(Cl)cc1F. The van der Waals surface area contributed by atoms with Gasteiger partial charge in [-0.2, -0.15) is 10.4 Å². The molecule has 3 aromatic heterocycles. The van der Waals surface area contributed by atoms with Gasteiger partial charge in [0.2, 0.25) is 4.96 Å². The molecular formula is C24H18Cl2FN7O3S. The van der Waals surface area contributed by atoms with Crippen LogP contribution in [0.2, 0.25) is 10.2 Å². The number of aryl methyl sites for hydroxylation is 1. The van der Waals surface area contributed by atoms with E-state index in [0.29, 0.717) is 17.1 Å². The summed E-state index contributed by atoms with van der Waals surface area (Å²) in [6.07, 6.45) is 0.455. The van der Waals surface area contributed by atoms with Gasteiger partial charge in [-0.3, -0.25) is 9.59 Å². The lowest BCUT2D eigenvalue weighted by Gasteiger charge is -2.35. The first-order valence-corrected chi connectivity index (χ1v) is 12.9. The summed E-state index contributed by atoms with van der Waals surface area (Å²) in [6.45, 7) is 1.53. The van der Waals surface area contributed by atoms with Crippen molar-refractivity contribution in [2.24, 2.45) is 0 Å². The molecule has 0 saturated carbocycles. The Kier molecular flexibility index (Phi) is 7.16. The van der Waals surface area contributed by atoms with Crippen molar-refractivity contribution in [3.63, 3.8) is 0 Å². The zero-order chi connectivity index (χ0) is 27.0. The molecule has 0 radical (unpaired) electrons. The van der Waals surface area contributed by atoms with E-state index in [2.05, 4.69) is 20.4 Å². The lowest BCUT2D eigenvalue weighted by molar-refractivity contribution is -0.135. The van der Waals surface area contributed by atoms with Crippen LogP contribution in [0.5, 0.6) is 5.75 Å². The van der Waals surface area contributed by atoms with Gasteiger partial charge in [0, 0.05) is 23.6 Å². The van der Waals surface area contributed by atoms with Gasteiger partial charge in [-0.1, -0.05) is 40.6 Å². The lowest BCUT2D eigenvalue weighted by Crippen LogP contribution is -2.43. The van der Waals surface area contributed by atoms with Gasteiger partial charge >= 0.3 is 0 Å². The van der Waals surface area contributed by atoms with Crippen molar-refractivity contribution in [1.82, 2.24) is 29.8 Å². The predicted molar refractivity (Wildman–Crippen MR) is 137 cm³/mol. The molecule has 1 aromatic carbocycles. The Hall–Kier alpha value is -3.79. The van der Waals surface area contributed by atoms with Crippen LogP contribution in [0.4, 0.5) is 4.39 Å². The number of nitrogens with one attached hydrogen (secondary N) is 1. The number of hydrogen-bond donors (Lipinski definition) is 1. The molecule has 10 nitrogen and oxygen atoms in total. The Labute approximate surface area is 229 Å². The Morgan fingerprint density at radius 1 is 1.29 bits per heavy atom. The number of hydrogen-bond acceptors (Lipinski definition) is 8. The Morgan fingerprint density at radius 3 is 2.84 bits per heavy atom. The second kappa shape index (κ2) is 10.5. The number of nitrogens with zero attached hydrogens (tertiary/aromatic N) is 6. The molecule has 194 valence electrons. The fraction of sp³-hybridized carbons (Fsp3) is 0.250. The molecule has 0 saturated heterocycles. The Bertz CT molecular complexity index is 1620. The molecule has 1 atom stereocenters. The second-order valence-corrected chi connectivity index (χ2v) is 10.2. The maximum Gasteiger partial charge on any atom is 0.270 e. The van der Waals surface area contributed by atoms with Crippen molar-refractivity contribution in [2.45, 2.75) is 19.4 Å². The van der Waals surface area contributed by atoms with Crippen LogP contribution in [0.25, 0.3) is 4.96 Å². The maximum atomic E-state index is 15.2. The van der Waals surface area contributed by atoms with Gasteiger partial charge in [-0.25, -0.2) is 18.9 Å². The van der Waals surface area contributed by atoms with Crippen LogP contribution in [-0.4, -0.2) is 56.0 Å². The molecule has 4 aromatic rings. The average molecular weight is 574 g/mol. The van der Waals surface area contributed by atoms with Gasteiger partial charge in [0.1, 0.15) is 29.1 Å². The quantitative estimate of drug-likeness (QED) is 0.275. The summed E-state index contributed by atoms with van der Waals surface area (Å²) in [5.74, 6) is -1.47. The minimum atomic E-state index is -0.816. The predicted octanol–water partition coefficient (Wildman–Crippen LogP) is 3.75. The molecule has 4 heterocycles. The van der Waals surface area contributed by atoms with E-state index in [1.54, 1.807) is 22.7 Å². The van der Waals surface area contributed by atoms with Crippen LogP contribution < -0.4 is 10.1 Å². The summed E-state index contributed by atoms with van der Waals surface area (Å²) in [5, 5.41) is 16.4. The number of amides is 2. The van der Waals surface area contributed by atoms with Gasteiger partial charge in [0.05, 0.1) is 17.5 Å². The van der Waals surface area contributed by atoms with E-state index >= 15 is 4.39 Å². The number of pyridine rings is 1. The van der Waals surface area contributed by atoms with E-state index in [0.717, 1.165) is 10.7 Å². The van der Waals surface area contributed by atoms with Crippen molar-refractivity contribution >= 4 is 51.3 Å². The molecule has 0 aliphatic carbocycles. The molecule has 1 aliphatic heterocycles. The van der Waals surface area contributed by atoms with E-state index < -0.39 is 30.3 Å².